The van der Waals surface area contributed by atoms with Crippen molar-refractivity contribution in [1.82, 2.24) is 5.32 Å². The van der Waals surface area contributed by atoms with Gasteiger partial charge in [-0.1, -0.05) is 187 Å². The van der Waals surface area contributed by atoms with E-state index in [4.69, 9.17) is 0 Å². The third-order valence-corrected chi connectivity index (χ3v) is 9.49. The Balaban J connectivity index is 3.88. The van der Waals surface area contributed by atoms with Crippen LogP contribution >= 0.6 is 0 Å². The van der Waals surface area contributed by atoms with Gasteiger partial charge in [0, 0.05) is 6.42 Å². The van der Waals surface area contributed by atoms with Crippen LogP contribution in [0, 0.1) is 0 Å². The van der Waals surface area contributed by atoms with Gasteiger partial charge in [-0.15, -0.1) is 0 Å². The highest BCUT2D eigenvalue weighted by Gasteiger charge is 2.24. The minimum atomic E-state index is -4.33. The zero-order chi connectivity index (χ0) is 32.6. The second-order valence-corrected chi connectivity index (χ2v) is 14.7. The smallest absolute Gasteiger partial charge is 0.267 e. The summed E-state index contributed by atoms with van der Waals surface area (Å²) in [5.74, 6) is -0.969. The summed E-state index contributed by atoms with van der Waals surface area (Å²) in [7, 11) is -4.33. The minimum Gasteiger partial charge on any atom is -0.387 e. The lowest BCUT2D eigenvalue weighted by Crippen LogP contribution is -2.46. The first kappa shape index (κ1) is 43.1. The summed E-state index contributed by atoms with van der Waals surface area (Å²) in [6.07, 6.45) is 37.7. The first-order valence-corrected chi connectivity index (χ1v) is 20.5. The number of aliphatic hydroxyl groups excluding tert-OH is 1. The summed E-state index contributed by atoms with van der Waals surface area (Å²) in [4.78, 5) is 12.5. The molecule has 0 saturated carbocycles. The Bertz CT molecular complexity index is 755. The van der Waals surface area contributed by atoms with Gasteiger partial charge in [0.25, 0.3) is 10.1 Å². The van der Waals surface area contributed by atoms with Crippen LogP contribution in [0.2, 0.25) is 0 Å². The molecule has 0 rings (SSSR count). The molecule has 0 radical (unpaired) electrons. The average Bonchev–Trinajstić information content (AvgIpc) is 2.98. The highest BCUT2D eigenvalue weighted by molar-refractivity contribution is 7.85. The van der Waals surface area contributed by atoms with E-state index < -0.39 is 28.0 Å². The van der Waals surface area contributed by atoms with Crippen molar-refractivity contribution < 1.29 is 22.9 Å². The van der Waals surface area contributed by atoms with Crippen LogP contribution in [-0.4, -0.2) is 41.9 Å². The Morgan fingerprint density at radius 3 is 1.30 bits per heavy atom. The van der Waals surface area contributed by atoms with Crippen molar-refractivity contribution in [2.24, 2.45) is 0 Å². The zero-order valence-electron chi connectivity index (χ0n) is 29.1. The minimum absolute atomic E-state index is 0.276. The lowest BCUT2D eigenvalue weighted by atomic mass is 10.0. The molecule has 262 valence electrons. The maximum atomic E-state index is 12.5. The molecular formula is C37H73NO5S. The number of rotatable bonds is 34. The molecule has 0 aliphatic heterocycles. The highest BCUT2D eigenvalue weighted by atomic mass is 32.2. The zero-order valence-corrected chi connectivity index (χ0v) is 29.9. The third-order valence-electron chi connectivity index (χ3n) is 8.71. The molecule has 0 fully saturated rings. The van der Waals surface area contributed by atoms with Gasteiger partial charge in [-0.3, -0.25) is 9.35 Å². The molecule has 44 heavy (non-hydrogen) atoms. The Hall–Kier alpha value is -0.920. The fraction of sp³-hybridized carbons (Fsp3) is 0.919. The van der Waals surface area contributed by atoms with Gasteiger partial charge < -0.3 is 10.4 Å². The Morgan fingerprint density at radius 1 is 0.591 bits per heavy atom. The maximum Gasteiger partial charge on any atom is 0.267 e. The largest absolute Gasteiger partial charge is 0.387 e. The Morgan fingerprint density at radius 2 is 0.932 bits per heavy atom. The summed E-state index contributed by atoms with van der Waals surface area (Å²) < 4.78 is 32.3. The number of amides is 1. The van der Waals surface area contributed by atoms with Crippen LogP contribution in [0.3, 0.4) is 0 Å². The standard InChI is InChI=1S/C37H73NO5S/c1-3-5-7-9-11-13-15-16-17-18-19-20-21-23-25-27-29-31-33-37(40)38-35(34-44(41,42)43)36(39)32-30-28-26-24-22-14-12-10-8-6-4-2/h30,32,35-36,39H,3-29,31,33-34H2,1-2H3,(H,38,40)(H,41,42,43)/b32-30+. The van der Waals surface area contributed by atoms with Crippen LogP contribution in [0.5, 0.6) is 0 Å². The van der Waals surface area contributed by atoms with Crippen LogP contribution in [-0.2, 0) is 14.9 Å². The molecule has 2 unspecified atom stereocenters. The van der Waals surface area contributed by atoms with E-state index in [1.54, 1.807) is 6.08 Å². The maximum absolute atomic E-state index is 12.5. The molecule has 0 aromatic rings. The molecule has 2 atom stereocenters. The van der Waals surface area contributed by atoms with E-state index in [1.807, 2.05) is 6.08 Å². The van der Waals surface area contributed by atoms with Crippen molar-refractivity contribution in [3.05, 3.63) is 12.2 Å². The van der Waals surface area contributed by atoms with Crippen molar-refractivity contribution in [2.75, 3.05) is 5.75 Å². The van der Waals surface area contributed by atoms with Gasteiger partial charge in [0.05, 0.1) is 17.9 Å². The SMILES string of the molecule is CCCCCCCCCCC/C=C/C(O)C(CS(=O)(=O)O)NC(=O)CCCCCCCCCCCCCCCCCCCC. The topological polar surface area (TPSA) is 104 Å². The first-order valence-electron chi connectivity index (χ1n) is 18.9. The number of aliphatic hydroxyl groups is 1. The predicted molar refractivity (Wildman–Crippen MR) is 189 cm³/mol. The van der Waals surface area contributed by atoms with Crippen molar-refractivity contribution in [3.63, 3.8) is 0 Å². The molecule has 0 aliphatic carbocycles. The van der Waals surface area contributed by atoms with E-state index in [0.717, 1.165) is 38.5 Å². The third kappa shape index (κ3) is 32.5. The quantitative estimate of drug-likeness (QED) is 0.0368. The van der Waals surface area contributed by atoms with Gasteiger partial charge >= 0.3 is 0 Å². The number of unbranched alkanes of at least 4 members (excludes halogenated alkanes) is 26. The van der Waals surface area contributed by atoms with E-state index in [-0.39, 0.29) is 5.91 Å². The molecule has 0 saturated heterocycles. The number of hydrogen-bond acceptors (Lipinski definition) is 4. The molecule has 0 spiro atoms. The molecule has 3 N–H and O–H groups in total. The average molecular weight is 644 g/mol. The monoisotopic (exact) mass is 644 g/mol. The molecule has 7 heteroatoms. The fourth-order valence-corrected chi connectivity index (χ4v) is 6.60. The summed E-state index contributed by atoms with van der Waals surface area (Å²) in [6, 6.07) is -1.05. The van der Waals surface area contributed by atoms with Crippen LogP contribution in [0.15, 0.2) is 12.2 Å². The van der Waals surface area contributed by atoms with Crippen molar-refractivity contribution >= 4 is 16.0 Å². The van der Waals surface area contributed by atoms with Crippen LogP contribution < -0.4 is 5.32 Å². The predicted octanol–water partition coefficient (Wildman–Crippen LogP) is 10.6. The second-order valence-electron chi connectivity index (χ2n) is 13.2. The van der Waals surface area contributed by atoms with Crippen molar-refractivity contribution in [1.29, 1.82) is 0 Å². The number of allylic oxidation sites excluding steroid dienone is 1. The second kappa shape index (κ2) is 32.0. The summed E-state index contributed by atoms with van der Waals surface area (Å²) >= 11 is 0. The number of nitrogens with one attached hydrogen (secondary N) is 1. The normalized spacial score (nSPS) is 13.5. The summed E-state index contributed by atoms with van der Waals surface area (Å²) in [5, 5.41) is 13.2. The lowest BCUT2D eigenvalue weighted by Gasteiger charge is -2.21. The molecule has 0 aromatic heterocycles. The highest BCUT2D eigenvalue weighted by Crippen LogP contribution is 2.15. The van der Waals surface area contributed by atoms with E-state index in [2.05, 4.69) is 19.2 Å². The van der Waals surface area contributed by atoms with Crippen molar-refractivity contribution in [2.45, 2.75) is 212 Å². The van der Waals surface area contributed by atoms with Crippen LogP contribution in [0.25, 0.3) is 0 Å². The van der Waals surface area contributed by atoms with E-state index in [1.165, 1.54) is 141 Å². The first-order chi connectivity index (χ1) is 21.3. The van der Waals surface area contributed by atoms with Gasteiger partial charge in [0.1, 0.15) is 0 Å². The van der Waals surface area contributed by atoms with Gasteiger partial charge in [-0.2, -0.15) is 8.42 Å². The van der Waals surface area contributed by atoms with E-state index in [0.29, 0.717) is 6.42 Å². The van der Waals surface area contributed by atoms with Gasteiger partial charge in [0.15, 0.2) is 0 Å². The molecule has 6 nitrogen and oxygen atoms in total. The fourth-order valence-electron chi connectivity index (χ4n) is 5.86. The summed E-state index contributed by atoms with van der Waals surface area (Å²) in [6.45, 7) is 4.50. The molecule has 0 aromatic carbocycles. The van der Waals surface area contributed by atoms with Crippen molar-refractivity contribution in [3.8, 4) is 0 Å². The number of carbonyl (C=O) groups excluding carboxylic acids is 1. The van der Waals surface area contributed by atoms with E-state index >= 15 is 0 Å². The Labute approximate surface area is 273 Å². The van der Waals surface area contributed by atoms with Crippen LogP contribution in [0.1, 0.15) is 200 Å². The lowest BCUT2D eigenvalue weighted by molar-refractivity contribution is -0.122. The van der Waals surface area contributed by atoms with Gasteiger partial charge in [-0.25, -0.2) is 0 Å². The number of hydrogen-bond donors (Lipinski definition) is 3. The van der Waals surface area contributed by atoms with Crippen LogP contribution in [0.4, 0.5) is 0 Å². The van der Waals surface area contributed by atoms with Gasteiger partial charge in [-0.05, 0) is 19.3 Å². The van der Waals surface area contributed by atoms with Gasteiger partial charge in [0.2, 0.25) is 5.91 Å². The Kier molecular flexibility index (Phi) is 31.4. The molecule has 0 aliphatic rings. The molecule has 1 amide bonds. The molecule has 0 heterocycles. The van der Waals surface area contributed by atoms with E-state index in [9.17, 15) is 22.9 Å². The molecule has 0 bridgehead atoms. The number of carbonyl (C=O) groups is 1. The molecular weight excluding hydrogens is 570 g/mol. The summed E-state index contributed by atoms with van der Waals surface area (Å²) in [5.41, 5.74) is 0.